The van der Waals surface area contributed by atoms with Crippen LogP contribution in [0.4, 0.5) is 0 Å². The Morgan fingerprint density at radius 2 is 2.00 bits per heavy atom. The second kappa shape index (κ2) is 6.25. The van der Waals surface area contributed by atoms with Gasteiger partial charge in [0.2, 0.25) is 0 Å². The van der Waals surface area contributed by atoms with E-state index in [0.29, 0.717) is 22.2 Å². The molecule has 1 aromatic carbocycles. The predicted molar refractivity (Wildman–Crippen MR) is 80.0 cm³/mol. The monoisotopic (exact) mass is 299 g/mol. The van der Waals surface area contributed by atoms with Gasteiger partial charge in [-0.05, 0) is 56.1 Å². The lowest BCUT2D eigenvalue weighted by Gasteiger charge is -2.35. The average Bonchev–Trinajstić information content (AvgIpc) is 2.43. The quantitative estimate of drug-likeness (QED) is 0.914. The maximum absolute atomic E-state index is 12.7. The van der Waals surface area contributed by atoms with E-state index in [1.807, 2.05) is 0 Å². The number of ketones is 1. The summed E-state index contributed by atoms with van der Waals surface area (Å²) in [5, 5.41) is 4.56. The van der Waals surface area contributed by atoms with Gasteiger partial charge in [0.15, 0.2) is 0 Å². The molecular formula is C15H19Cl2NO. The minimum Gasteiger partial charge on any atom is -0.317 e. The Bertz CT molecular complexity index is 467. The lowest BCUT2D eigenvalue weighted by Crippen LogP contribution is -2.42. The van der Waals surface area contributed by atoms with Crippen LogP contribution in [0.3, 0.4) is 0 Å². The van der Waals surface area contributed by atoms with Crippen LogP contribution in [0, 0.1) is 5.41 Å². The molecule has 1 heterocycles. The molecule has 0 aromatic heterocycles. The molecule has 2 rings (SSSR count). The fraction of sp³-hybridized carbons (Fsp3) is 0.533. The van der Waals surface area contributed by atoms with Gasteiger partial charge in [-0.25, -0.2) is 0 Å². The summed E-state index contributed by atoms with van der Waals surface area (Å²) in [6, 6.07) is 5.30. The van der Waals surface area contributed by atoms with Crippen molar-refractivity contribution in [2.24, 2.45) is 5.41 Å². The normalized spacial score (nSPS) is 18.3. The molecule has 0 radical (unpaired) electrons. The fourth-order valence-electron chi connectivity index (χ4n) is 2.77. The highest BCUT2D eigenvalue weighted by atomic mass is 35.5. The summed E-state index contributed by atoms with van der Waals surface area (Å²) >= 11 is 12.1. The third-order valence-electron chi connectivity index (χ3n) is 4.19. The number of hydrogen-bond donors (Lipinski definition) is 1. The molecule has 0 amide bonds. The highest BCUT2D eigenvalue weighted by Gasteiger charge is 2.37. The summed E-state index contributed by atoms with van der Waals surface area (Å²) in [4.78, 5) is 12.7. The second-order valence-corrected chi connectivity index (χ2v) is 6.06. The molecule has 1 N–H and O–H groups in total. The second-order valence-electron chi connectivity index (χ2n) is 5.22. The van der Waals surface area contributed by atoms with Crippen LogP contribution < -0.4 is 5.32 Å². The van der Waals surface area contributed by atoms with Gasteiger partial charge in [0.1, 0.15) is 5.78 Å². The molecule has 1 aliphatic heterocycles. The Labute approximate surface area is 124 Å². The van der Waals surface area contributed by atoms with Crippen molar-refractivity contribution in [3.63, 3.8) is 0 Å². The molecule has 1 aromatic rings. The molecule has 0 aliphatic carbocycles. The summed E-state index contributed by atoms with van der Waals surface area (Å²) in [7, 11) is 0. The number of carbonyl (C=O) groups excluding carboxylic acids is 1. The van der Waals surface area contributed by atoms with Gasteiger partial charge in [-0.3, -0.25) is 4.79 Å². The molecule has 104 valence electrons. The van der Waals surface area contributed by atoms with E-state index < -0.39 is 0 Å². The van der Waals surface area contributed by atoms with Crippen molar-refractivity contribution >= 4 is 29.0 Å². The van der Waals surface area contributed by atoms with E-state index in [2.05, 4.69) is 12.2 Å². The molecule has 2 nitrogen and oxygen atoms in total. The number of rotatable bonds is 4. The van der Waals surface area contributed by atoms with E-state index in [9.17, 15) is 4.79 Å². The van der Waals surface area contributed by atoms with Crippen molar-refractivity contribution in [3.05, 3.63) is 33.8 Å². The van der Waals surface area contributed by atoms with E-state index in [-0.39, 0.29) is 5.41 Å². The van der Waals surface area contributed by atoms with Crippen LogP contribution >= 0.6 is 23.2 Å². The van der Waals surface area contributed by atoms with Gasteiger partial charge in [-0.1, -0.05) is 30.1 Å². The Hall–Kier alpha value is -0.570. The Morgan fingerprint density at radius 3 is 2.63 bits per heavy atom. The lowest BCUT2D eigenvalue weighted by atomic mass is 9.72. The van der Waals surface area contributed by atoms with E-state index in [4.69, 9.17) is 23.2 Å². The maximum atomic E-state index is 12.7. The molecule has 1 aliphatic rings. The van der Waals surface area contributed by atoms with E-state index in [1.165, 1.54) is 0 Å². The summed E-state index contributed by atoms with van der Waals surface area (Å²) in [5.41, 5.74) is 0.655. The molecule has 0 bridgehead atoms. The molecule has 1 saturated heterocycles. The van der Waals surface area contributed by atoms with Crippen LogP contribution in [-0.2, 0) is 11.2 Å². The summed E-state index contributed by atoms with van der Waals surface area (Å²) in [6.07, 6.45) is 3.11. The maximum Gasteiger partial charge on any atom is 0.143 e. The highest BCUT2D eigenvalue weighted by molar-refractivity contribution is 6.33. The van der Waals surface area contributed by atoms with Crippen molar-refractivity contribution in [1.82, 2.24) is 5.32 Å². The van der Waals surface area contributed by atoms with Crippen molar-refractivity contribution in [2.75, 3.05) is 13.1 Å². The fourth-order valence-corrected chi connectivity index (χ4v) is 3.15. The van der Waals surface area contributed by atoms with Crippen molar-refractivity contribution < 1.29 is 4.79 Å². The Morgan fingerprint density at radius 1 is 1.32 bits per heavy atom. The van der Waals surface area contributed by atoms with Crippen molar-refractivity contribution in [2.45, 2.75) is 32.6 Å². The Kier molecular flexibility index (Phi) is 4.88. The molecule has 0 spiro atoms. The van der Waals surface area contributed by atoms with Gasteiger partial charge in [-0.15, -0.1) is 0 Å². The zero-order valence-corrected chi connectivity index (χ0v) is 12.7. The average molecular weight is 300 g/mol. The summed E-state index contributed by atoms with van der Waals surface area (Å²) in [5.74, 6) is 0.292. The topological polar surface area (TPSA) is 29.1 Å². The number of benzene rings is 1. The van der Waals surface area contributed by atoms with Crippen LogP contribution in [0.5, 0.6) is 0 Å². The third kappa shape index (κ3) is 3.31. The molecule has 4 heteroatoms. The van der Waals surface area contributed by atoms with Crippen LogP contribution in [0.25, 0.3) is 0 Å². The molecule has 19 heavy (non-hydrogen) atoms. The minimum absolute atomic E-state index is 0.184. The highest BCUT2D eigenvalue weighted by Crippen LogP contribution is 2.35. The largest absolute Gasteiger partial charge is 0.317 e. The van der Waals surface area contributed by atoms with Crippen LogP contribution in [-0.4, -0.2) is 18.9 Å². The van der Waals surface area contributed by atoms with E-state index in [0.717, 1.165) is 37.9 Å². The number of nitrogens with one attached hydrogen (secondary N) is 1. The lowest BCUT2D eigenvalue weighted by molar-refractivity contribution is -0.129. The zero-order chi connectivity index (χ0) is 13.9. The smallest absolute Gasteiger partial charge is 0.143 e. The van der Waals surface area contributed by atoms with Gasteiger partial charge in [0.25, 0.3) is 0 Å². The SMILES string of the molecule is CCC1(C(=O)Cc2cc(Cl)ccc2Cl)CCNCC1. The molecular weight excluding hydrogens is 281 g/mol. The minimum atomic E-state index is -0.184. The molecule has 0 saturated carbocycles. The molecule has 0 unspecified atom stereocenters. The van der Waals surface area contributed by atoms with Crippen LogP contribution in [0.15, 0.2) is 18.2 Å². The van der Waals surface area contributed by atoms with Gasteiger partial charge in [0.05, 0.1) is 0 Å². The first-order valence-corrected chi connectivity index (χ1v) is 7.51. The number of hydrogen-bond acceptors (Lipinski definition) is 2. The first kappa shape index (κ1) is 14.8. The summed E-state index contributed by atoms with van der Waals surface area (Å²) in [6.45, 7) is 3.94. The van der Waals surface area contributed by atoms with Gasteiger partial charge >= 0.3 is 0 Å². The molecule has 0 atom stereocenters. The van der Waals surface area contributed by atoms with Crippen molar-refractivity contribution in [1.29, 1.82) is 0 Å². The van der Waals surface area contributed by atoms with Gasteiger partial charge < -0.3 is 5.32 Å². The van der Waals surface area contributed by atoms with Gasteiger partial charge in [-0.2, -0.15) is 0 Å². The summed E-state index contributed by atoms with van der Waals surface area (Å²) < 4.78 is 0. The van der Waals surface area contributed by atoms with E-state index >= 15 is 0 Å². The number of carbonyl (C=O) groups is 1. The zero-order valence-electron chi connectivity index (χ0n) is 11.1. The first-order valence-electron chi connectivity index (χ1n) is 6.75. The number of halogens is 2. The van der Waals surface area contributed by atoms with Crippen LogP contribution in [0.2, 0.25) is 10.0 Å². The number of piperidine rings is 1. The Balaban J connectivity index is 2.17. The number of Topliss-reactive ketones (excluding diaryl/α,β-unsaturated/α-hetero) is 1. The van der Waals surface area contributed by atoms with Crippen molar-refractivity contribution in [3.8, 4) is 0 Å². The van der Waals surface area contributed by atoms with Gasteiger partial charge in [0, 0.05) is 21.9 Å². The molecule has 1 fully saturated rings. The first-order chi connectivity index (χ1) is 9.07. The van der Waals surface area contributed by atoms with Crippen LogP contribution in [0.1, 0.15) is 31.7 Å². The predicted octanol–water partition coefficient (Wildman–Crippen LogP) is 3.88. The third-order valence-corrected chi connectivity index (χ3v) is 4.79. The van der Waals surface area contributed by atoms with E-state index in [1.54, 1.807) is 18.2 Å². The standard InChI is InChI=1S/C15H19Cl2NO/c1-2-15(5-7-18-8-6-15)14(19)10-11-9-12(16)3-4-13(11)17/h3-4,9,18H,2,5-8,10H2,1H3.